The van der Waals surface area contributed by atoms with Crippen molar-refractivity contribution in [3.8, 4) is 11.5 Å². The van der Waals surface area contributed by atoms with Crippen LogP contribution in [0.15, 0.2) is 88.2 Å². The molecule has 1 aliphatic heterocycles. The molecule has 0 N–H and O–H groups in total. The third kappa shape index (κ3) is 5.67. The molecule has 4 aromatic carbocycles. The van der Waals surface area contributed by atoms with Crippen molar-refractivity contribution in [3.05, 3.63) is 115 Å². The van der Waals surface area contributed by atoms with E-state index in [1.54, 1.807) is 24.3 Å². The van der Waals surface area contributed by atoms with E-state index in [-0.39, 0.29) is 17.1 Å². The van der Waals surface area contributed by atoms with E-state index >= 15 is 0 Å². The number of hydrogen-bond acceptors (Lipinski definition) is 7. The third-order valence-corrected chi connectivity index (χ3v) is 7.63. The van der Waals surface area contributed by atoms with Gasteiger partial charge in [0.25, 0.3) is 16.8 Å². The molecule has 39 heavy (non-hydrogen) atoms. The molecule has 0 bridgehead atoms. The smallest absolute Gasteiger partial charge is 0.293 e. The zero-order valence-corrected chi connectivity index (χ0v) is 23.0. The molecule has 2 amide bonds. The molecule has 1 saturated heterocycles. The lowest BCUT2D eigenvalue weighted by atomic mass is 10.1. The van der Waals surface area contributed by atoms with Gasteiger partial charge in [-0.25, -0.2) is 0 Å². The van der Waals surface area contributed by atoms with Gasteiger partial charge in [-0.1, -0.05) is 54.6 Å². The summed E-state index contributed by atoms with van der Waals surface area (Å²) in [6.07, 6.45) is 1.61. The van der Waals surface area contributed by atoms with Gasteiger partial charge in [0.1, 0.15) is 6.61 Å². The lowest BCUT2D eigenvalue weighted by Gasteiger charge is -2.15. The number of rotatable bonds is 8. The van der Waals surface area contributed by atoms with E-state index in [0.717, 1.165) is 33.0 Å². The fraction of sp³-hybridized carbons (Fsp3) is 0.103. The molecule has 1 fully saturated rings. The molecule has 0 aliphatic carbocycles. The first-order valence-electron chi connectivity index (χ1n) is 11.8. The number of halogens is 1. The minimum atomic E-state index is -0.516. The maximum absolute atomic E-state index is 13.0. The second-order valence-corrected chi connectivity index (χ2v) is 10.5. The van der Waals surface area contributed by atoms with Gasteiger partial charge in [0.15, 0.2) is 11.5 Å². The molecule has 0 radical (unpaired) electrons. The summed E-state index contributed by atoms with van der Waals surface area (Å²) in [5, 5.41) is 12.8. The molecule has 0 spiro atoms. The second kappa shape index (κ2) is 11.3. The van der Waals surface area contributed by atoms with E-state index in [4.69, 9.17) is 9.47 Å². The molecule has 5 rings (SSSR count). The molecule has 196 valence electrons. The number of nitro groups is 1. The Bertz CT molecular complexity index is 1650. The van der Waals surface area contributed by atoms with E-state index < -0.39 is 16.1 Å². The van der Waals surface area contributed by atoms with Crippen molar-refractivity contribution in [2.45, 2.75) is 13.2 Å². The number of carbonyl (C=O) groups excluding carboxylic acids is 2. The monoisotopic (exact) mass is 604 g/mol. The number of methoxy groups -OCH3 is 1. The van der Waals surface area contributed by atoms with Gasteiger partial charge in [-0.15, -0.1) is 0 Å². The number of hydrogen-bond donors (Lipinski definition) is 0. The third-order valence-electron chi connectivity index (χ3n) is 6.14. The first-order valence-corrected chi connectivity index (χ1v) is 13.4. The number of thioether (sulfide) groups is 1. The Hall–Kier alpha value is -4.15. The van der Waals surface area contributed by atoms with E-state index in [9.17, 15) is 19.7 Å². The molecule has 0 unspecified atom stereocenters. The van der Waals surface area contributed by atoms with Gasteiger partial charge in [0.05, 0.1) is 28.0 Å². The van der Waals surface area contributed by atoms with Gasteiger partial charge >= 0.3 is 0 Å². The number of fused-ring (bicyclic) bond motifs is 1. The minimum absolute atomic E-state index is 0.0579. The largest absolute Gasteiger partial charge is 0.493 e. The summed E-state index contributed by atoms with van der Waals surface area (Å²) in [5.74, 6) is 0.510. The number of imide groups is 1. The topological polar surface area (TPSA) is 99.0 Å². The van der Waals surface area contributed by atoms with Crippen LogP contribution in [0.3, 0.4) is 0 Å². The fourth-order valence-electron chi connectivity index (χ4n) is 4.27. The van der Waals surface area contributed by atoms with Gasteiger partial charge in [-0.05, 0) is 73.4 Å². The number of nitrogens with zero attached hydrogens (tertiary/aromatic N) is 2. The zero-order chi connectivity index (χ0) is 27.5. The molecular formula is C29H21BrN2O6S. The Morgan fingerprint density at radius 2 is 1.79 bits per heavy atom. The maximum atomic E-state index is 13.0. The first kappa shape index (κ1) is 26.5. The highest BCUT2D eigenvalue weighted by molar-refractivity contribution is 9.10. The Morgan fingerprint density at radius 3 is 2.59 bits per heavy atom. The molecule has 0 saturated carbocycles. The van der Waals surface area contributed by atoms with Crippen LogP contribution in [0.4, 0.5) is 10.5 Å². The molecule has 10 heteroatoms. The van der Waals surface area contributed by atoms with Crippen LogP contribution in [0, 0.1) is 10.1 Å². The number of nitro benzene ring substituents is 1. The summed E-state index contributed by atoms with van der Waals surface area (Å²) < 4.78 is 12.4. The number of benzene rings is 4. The zero-order valence-electron chi connectivity index (χ0n) is 20.6. The van der Waals surface area contributed by atoms with Crippen LogP contribution < -0.4 is 9.47 Å². The minimum Gasteiger partial charge on any atom is -0.493 e. The highest BCUT2D eigenvalue weighted by atomic mass is 79.9. The Morgan fingerprint density at radius 1 is 1.03 bits per heavy atom. The number of carbonyl (C=O) groups is 2. The molecular weight excluding hydrogens is 584 g/mol. The first-order chi connectivity index (χ1) is 18.8. The van der Waals surface area contributed by atoms with Crippen LogP contribution in [-0.4, -0.2) is 28.1 Å². The van der Waals surface area contributed by atoms with E-state index in [1.165, 1.54) is 25.3 Å². The SMILES string of the molecule is COc1cc(/C=C2\SC(=O)N(Cc3cccc([N+](=O)[O-])c3)C2=O)cc(Br)c1OCc1cccc2ccccc12. The number of non-ortho nitro benzene ring substituents is 1. The van der Waals surface area contributed by atoms with Gasteiger partial charge in [0, 0.05) is 12.1 Å². The Kier molecular flexibility index (Phi) is 7.67. The van der Waals surface area contributed by atoms with Crippen LogP contribution in [0.25, 0.3) is 16.8 Å². The summed E-state index contributed by atoms with van der Waals surface area (Å²) in [6, 6.07) is 23.5. The fourth-order valence-corrected chi connectivity index (χ4v) is 5.68. The van der Waals surface area contributed by atoms with Crippen molar-refractivity contribution in [2.24, 2.45) is 0 Å². The van der Waals surface area contributed by atoms with Crippen molar-refractivity contribution >= 4 is 61.4 Å². The van der Waals surface area contributed by atoms with Crippen molar-refractivity contribution in [1.29, 1.82) is 0 Å². The lowest BCUT2D eigenvalue weighted by molar-refractivity contribution is -0.384. The lowest BCUT2D eigenvalue weighted by Crippen LogP contribution is -2.27. The Labute approximate surface area is 236 Å². The quantitative estimate of drug-likeness (QED) is 0.118. The summed E-state index contributed by atoms with van der Waals surface area (Å²) in [7, 11) is 1.53. The van der Waals surface area contributed by atoms with Gasteiger partial charge in [-0.2, -0.15) is 0 Å². The van der Waals surface area contributed by atoms with Crippen LogP contribution in [-0.2, 0) is 17.9 Å². The van der Waals surface area contributed by atoms with E-state index in [2.05, 4.69) is 34.1 Å². The normalized spacial score (nSPS) is 14.3. The average molecular weight is 605 g/mol. The average Bonchev–Trinajstić information content (AvgIpc) is 3.19. The van der Waals surface area contributed by atoms with Gasteiger partial charge in [0.2, 0.25) is 0 Å². The number of amides is 2. The standard InChI is InChI=1S/C29H21BrN2O6S/c1-37-25-14-19(13-24(30)27(25)38-17-21-9-5-8-20-7-2-3-11-23(20)21)15-26-28(33)31(29(34)39-26)16-18-6-4-10-22(12-18)32(35)36/h2-15H,16-17H2,1H3/b26-15-. The summed E-state index contributed by atoms with van der Waals surface area (Å²) in [5.41, 5.74) is 2.06. The summed E-state index contributed by atoms with van der Waals surface area (Å²) >= 11 is 4.37. The highest BCUT2D eigenvalue weighted by Crippen LogP contribution is 2.40. The van der Waals surface area contributed by atoms with Crippen molar-refractivity contribution in [1.82, 2.24) is 4.90 Å². The molecule has 0 aromatic heterocycles. The van der Waals surface area contributed by atoms with Crippen LogP contribution in [0.1, 0.15) is 16.7 Å². The molecule has 0 atom stereocenters. The predicted molar refractivity (Wildman–Crippen MR) is 154 cm³/mol. The summed E-state index contributed by atoms with van der Waals surface area (Å²) in [6.45, 7) is 0.268. The Balaban J connectivity index is 1.35. The molecule has 1 heterocycles. The van der Waals surface area contributed by atoms with Gasteiger partial charge in [-0.3, -0.25) is 24.6 Å². The second-order valence-electron chi connectivity index (χ2n) is 8.66. The highest BCUT2D eigenvalue weighted by Gasteiger charge is 2.35. The number of ether oxygens (including phenoxy) is 2. The molecule has 1 aliphatic rings. The molecule has 4 aromatic rings. The van der Waals surface area contributed by atoms with Crippen LogP contribution in [0.2, 0.25) is 0 Å². The van der Waals surface area contributed by atoms with E-state index in [1.807, 2.05) is 24.3 Å². The van der Waals surface area contributed by atoms with Crippen LogP contribution >= 0.6 is 27.7 Å². The predicted octanol–water partition coefficient (Wildman–Crippen LogP) is 7.33. The van der Waals surface area contributed by atoms with E-state index in [0.29, 0.717) is 33.7 Å². The van der Waals surface area contributed by atoms with Crippen molar-refractivity contribution in [3.63, 3.8) is 0 Å². The maximum Gasteiger partial charge on any atom is 0.293 e. The van der Waals surface area contributed by atoms with Crippen molar-refractivity contribution in [2.75, 3.05) is 7.11 Å². The van der Waals surface area contributed by atoms with Gasteiger partial charge < -0.3 is 9.47 Å². The van der Waals surface area contributed by atoms with Crippen molar-refractivity contribution < 1.29 is 24.0 Å². The molecule has 8 nitrogen and oxygen atoms in total. The summed E-state index contributed by atoms with van der Waals surface area (Å²) in [4.78, 5) is 37.5. The van der Waals surface area contributed by atoms with Crippen LogP contribution in [0.5, 0.6) is 11.5 Å².